The third-order valence-corrected chi connectivity index (χ3v) is 3.59. The van der Waals surface area contributed by atoms with Crippen molar-refractivity contribution in [3.63, 3.8) is 0 Å². The summed E-state index contributed by atoms with van der Waals surface area (Å²) < 4.78 is 4.55. The van der Waals surface area contributed by atoms with Crippen molar-refractivity contribution in [1.29, 1.82) is 0 Å². The molecule has 1 fully saturated rings. The molecule has 102 valence electrons. The molecule has 1 aliphatic rings. The summed E-state index contributed by atoms with van der Waals surface area (Å²) in [6, 6.07) is 10.2. The molecule has 1 heterocycles. The molecule has 1 saturated heterocycles. The highest BCUT2D eigenvalue weighted by molar-refractivity contribution is 5.90. The minimum atomic E-state index is -0.455. The molecule has 1 aliphatic heterocycles. The van der Waals surface area contributed by atoms with Crippen molar-refractivity contribution < 1.29 is 14.3 Å². The van der Waals surface area contributed by atoms with Crippen molar-refractivity contribution in [3.05, 3.63) is 35.9 Å². The van der Waals surface area contributed by atoms with Crippen LogP contribution in [0.3, 0.4) is 0 Å². The van der Waals surface area contributed by atoms with Gasteiger partial charge in [-0.15, -0.1) is 0 Å². The van der Waals surface area contributed by atoms with Crippen LogP contribution < -0.4 is 0 Å². The van der Waals surface area contributed by atoms with E-state index in [9.17, 15) is 9.59 Å². The molecule has 0 spiro atoms. The number of carbonyl (C=O) groups is 2. The van der Waals surface area contributed by atoms with Gasteiger partial charge in [-0.1, -0.05) is 30.3 Å². The van der Waals surface area contributed by atoms with Crippen molar-refractivity contribution >= 4 is 11.9 Å². The smallest absolute Gasteiger partial charge is 0.327 e. The Morgan fingerprint density at radius 2 is 1.68 bits per heavy atom. The number of hydrogen-bond acceptors (Lipinski definition) is 4. The molecule has 1 aromatic carbocycles. The van der Waals surface area contributed by atoms with Gasteiger partial charge in [0.15, 0.2) is 0 Å². The number of nitrogens with zero attached hydrogens (tertiary/aromatic N) is 1. The maximum atomic E-state index is 11.3. The van der Waals surface area contributed by atoms with E-state index in [1.165, 1.54) is 5.56 Å². The van der Waals surface area contributed by atoms with Crippen LogP contribution in [0.25, 0.3) is 0 Å². The van der Waals surface area contributed by atoms with Crippen LogP contribution in [0.15, 0.2) is 30.3 Å². The molecule has 2 rings (SSSR count). The Kier molecular flexibility index (Phi) is 4.00. The van der Waals surface area contributed by atoms with Crippen molar-refractivity contribution in [3.8, 4) is 0 Å². The first-order valence-corrected chi connectivity index (χ1v) is 6.50. The third kappa shape index (κ3) is 3.64. The van der Waals surface area contributed by atoms with Gasteiger partial charge >= 0.3 is 11.9 Å². The molecule has 4 nitrogen and oxygen atoms in total. The molecular formula is C15H19NO3. The van der Waals surface area contributed by atoms with Crippen LogP contribution in [0.5, 0.6) is 0 Å². The zero-order valence-corrected chi connectivity index (χ0v) is 11.4. The van der Waals surface area contributed by atoms with Gasteiger partial charge in [0.05, 0.1) is 13.1 Å². The fraction of sp³-hybridized carbons (Fsp3) is 0.467. The second-order valence-electron chi connectivity index (χ2n) is 5.50. The first-order valence-electron chi connectivity index (χ1n) is 6.50. The Labute approximate surface area is 113 Å². The summed E-state index contributed by atoms with van der Waals surface area (Å²) in [5, 5.41) is 0. The second-order valence-corrected chi connectivity index (χ2v) is 5.50. The van der Waals surface area contributed by atoms with Gasteiger partial charge in [0.25, 0.3) is 0 Å². The third-order valence-electron chi connectivity index (χ3n) is 3.59. The molecule has 0 amide bonds. The van der Waals surface area contributed by atoms with Crippen molar-refractivity contribution in [1.82, 2.24) is 4.90 Å². The van der Waals surface area contributed by atoms with Gasteiger partial charge in [-0.2, -0.15) is 0 Å². The first-order chi connectivity index (χ1) is 8.97. The van der Waals surface area contributed by atoms with Crippen molar-refractivity contribution in [2.45, 2.75) is 32.2 Å². The number of cyclic esters (lactones) is 2. The lowest BCUT2D eigenvalue weighted by molar-refractivity contribution is -0.169. The number of ether oxygens (including phenoxy) is 1. The Balaban J connectivity index is 1.97. The molecule has 0 N–H and O–H groups in total. The Hall–Kier alpha value is -1.68. The van der Waals surface area contributed by atoms with E-state index in [0.717, 1.165) is 12.8 Å². The van der Waals surface area contributed by atoms with Crippen LogP contribution in [0.4, 0.5) is 0 Å². The molecular weight excluding hydrogens is 242 g/mol. The summed E-state index contributed by atoms with van der Waals surface area (Å²) in [6.45, 7) is 4.49. The zero-order valence-electron chi connectivity index (χ0n) is 11.4. The molecule has 0 saturated carbocycles. The average Bonchev–Trinajstić information content (AvgIpc) is 2.37. The van der Waals surface area contributed by atoms with E-state index in [1.54, 1.807) is 0 Å². The number of esters is 2. The summed E-state index contributed by atoms with van der Waals surface area (Å²) in [5.74, 6) is -0.909. The van der Waals surface area contributed by atoms with Crippen LogP contribution in [0.2, 0.25) is 0 Å². The number of aryl methyl sites for hydroxylation is 1. The van der Waals surface area contributed by atoms with Crippen molar-refractivity contribution in [2.24, 2.45) is 0 Å². The second kappa shape index (κ2) is 5.53. The summed E-state index contributed by atoms with van der Waals surface area (Å²) in [6.07, 6.45) is 1.81. The average molecular weight is 261 g/mol. The summed E-state index contributed by atoms with van der Waals surface area (Å²) >= 11 is 0. The molecule has 0 atom stereocenters. The summed E-state index contributed by atoms with van der Waals surface area (Å²) in [4.78, 5) is 24.5. The van der Waals surface area contributed by atoms with Gasteiger partial charge in [0.1, 0.15) is 0 Å². The quantitative estimate of drug-likeness (QED) is 0.612. The van der Waals surface area contributed by atoms with Gasteiger partial charge in [-0.3, -0.25) is 14.5 Å². The fourth-order valence-electron chi connectivity index (χ4n) is 2.24. The minimum absolute atomic E-state index is 0.188. The zero-order chi connectivity index (χ0) is 13.9. The number of morpholine rings is 1. The van der Waals surface area contributed by atoms with E-state index < -0.39 is 11.9 Å². The van der Waals surface area contributed by atoms with E-state index in [0.29, 0.717) is 0 Å². The van der Waals surface area contributed by atoms with Crippen LogP contribution in [0, 0.1) is 0 Å². The number of rotatable bonds is 4. The van der Waals surface area contributed by atoms with Crippen LogP contribution in [0.1, 0.15) is 25.8 Å². The molecule has 0 aromatic heterocycles. The van der Waals surface area contributed by atoms with E-state index in [1.807, 2.05) is 23.1 Å². The topological polar surface area (TPSA) is 46.6 Å². The predicted molar refractivity (Wildman–Crippen MR) is 71.5 cm³/mol. The first kappa shape index (κ1) is 13.7. The predicted octanol–water partition coefficient (Wildman–Crippen LogP) is 1.78. The number of benzene rings is 1. The maximum Gasteiger partial charge on any atom is 0.327 e. The molecule has 0 aliphatic carbocycles. The normalized spacial score (nSPS) is 17.4. The minimum Gasteiger partial charge on any atom is -0.391 e. The highest BCUT2D eigenvalue weighted by Gasteiger charge is 2.34. The molecule has 1 aromatic rings. The van der Waals surface area contributed by atoms with E-state index >= 15 is 0 Å². The van der Waals surface area contributed by atoms with E-state index in [2.05, 4.69) is 30.7 Å². The Morgan fingerprint density at radius 3 is 2.26 bits per heavy atom. The number of hydrogen-bond donors (Lipinski definition) is 0. The van der Waals surface area contributed by atoms with Gasteiger partial charge in [-0.05, 0) is 32.3 Å². The Morgan fingerprint density at radius 1 is 1.11 bits per heavy atom. The maximum absolute atomic E-state index is 11.3. The molecule has 0 radical (unpaired) electrons. The molecule has 0 bridgehead atoms. The monoisotopic (exact) mass is 261 g/mol. The fourth-order valence-corrected chi connectivity index (χ4v) is 2.24. The SMILES string of the molecule is CC(C)(CCc1ccccc1)N1CC(=O)OC(=O)C1. The van der Waals surface area contributed by atoms with E-state index in [-0.39, 0.29) is 18.6 Å². The molecule has 19 heavy (non-hydrogen) atoms. The molecule has 4 heteroatoms. The lowest BCUT2D eigenvalue weighted by Crippen LogP contribution is -2.53. The van der Waals surface area contributed by atoms with Crippen molar-refractivity contribution in [2.75, 3.05) is 13.1 Å². The lowest BCUT2D eigenvalue weighted by Gasteiger charge is -2.39. The summed E-state index contributed by atoms with van der Waals surface area (Å²) in [5.41, 5.74) is 1.06. The van der Waals surface area contributed by atoms with Gasteiger partial charge in [0, 0.05) is 5.54 Å². The lowest BCUT2D eigenvalue weighted by atomic mass is 9.93. The largest absolute Gasteiger partial charge is 0.391 e. The highest BCUT2D eigenvalue weighted by atomic mass is 16.6. The van der Waals surface area contributed by atoms with Gasteiger partial charge in [0.2, 0.25) is 0 Å². The van der Waals surface area contributed by atoms with Crippen LogP contribution >= 0.6 is 0 Å². The van der Waals surface area contributed by atoms with Gasteiger partial charge in [-0.25, -0.2) is 0 Å². The van der Waals surface area contributed by atoms with Crippen LogP contribution in [-0.4, -0.2) is 35.5 Å². The summed E-state index contributed by atoms with van der Waals surface area (Å²) in [7, 11) is 0. The van der Waals surface area contributed by atoms with Crippen LogP contribution in [-0.2, 0) is 20.7 Å². The Bertz CT molecular complexity index is 452. The van der Waals surface area contributed by atoms with E-state index in [4.69, 9.17) is 0 Å². The van der Waals surface area contributed by atoms with Gasteiger partial charge < -0.3 is 4.74 Å². The standard InChI is InChI=1S/C15H19NO3/c1-15(2,9-8-12-6-4-3-5-7-12)16-10-13(17)19-14(18)11-16/h3-7H,8-11H2,1-2H3. The highest BCUT2D eigenvalue weighted by Crippen LogP contribution is 2.23. The number of carbonyl (C=O) groups excluding carboxylic acids is 2. The molecule has 0 unspecified atom stereocenters.